The number of benzene rings is 2. The van der Waals surface area contributed by atoms with Crippen LogP contribution in [0.2, 0.25) is 0 Å². The molecule has 1 heterocycles. The molecule has 0 radical (unpaired) electrons. The number of nitrogens with zero attached hydrogens (tertiary/aromatic N) is 1. The van der Waals surface area contributed by atoms with Crippen molar-refractivity contribution in [2.45, 2.75) is 6.92 Å². The van der Waals surface area contributed by atoms with Gasteiger partial charge in [-0.3, -0.25) is 14.9 Å². The molecule has 0 atom stereocenters. The van der Waals surface area contributed by atoms with E-state index in [9.17, 15) is 18.8 Å². The van der Waals surface area contributed by atoms with Gasteiger partial charge in [0.2, 0.25) is 0 Å². The van der Waals surface area contributed by atoms with Gasteiger partial charge in [-0.1, -0.05) is 24.3 Å². The number of anilines is 2. The van der Waals surface area contributed by atoms with E-state index in [2.05, 4.69) is 15.6 Å². The van der Waals surface area contributed by atoms with Gasteiger partial charge in [0, 0.05) is 5.38 Å². The molecule has 0 aliphatic heterocycles. The Labute approximate surface area is 181 Å². The number of amides is 2. The Morgan fingerprint density at radius 2 is 1.81 bits per heavy atom. The first kappa shape index (κ1) is 21.9. The minimum absolute atomic E-state index is 0.0308. The fourth-order valence-corrected chi connectivity index (χ4v) is 3.14. The molecule has 1 aromatic heterocycles. The van der Waals surface area contributed by atoms with Crippen LogP contribution in [-0.2, 0) is 9.53 Å². The summed E-state index contributed by atoms with van der Waals surface area (Å²) in [7, 11) is 0. The summed E-state index contributed by atoms with van der Waals surface area (Å²) in [6, 6.07) is 12.1. The van der Waals surface area contributed by atoms with E-state index in [-0.39, 0.29) is 34.4 Å². The average molecular weight is 443 g/mol. The second-order valence-electron chi connectivity index (χ2n) is 6.03. The number of nitrogens with one attached hydrogen (secondary N) is 2. The average Bonchev–Trinajstić information content (AvgIpc) is 3.23. The number of thiazole rings is 1. The Morgan fingerprint density at radius 3 is 2.58 bits per heavy atom. The first-order chi connectivity index (χ1) is 15.0. The van der Waals surface area contributed by atoms with Crippen LogP contribution in [0.5, 0.6) is 5.75 Å². The van der Waals surface area contributed by atoms with Gasteiger partial charge in [-0.05, 0) is 31.2 Å². The van der Waals surface area contributed by atoms with Crippen molar-refractivity contribution in [3.05, 3.63) is 71.0 Å². The second kappa shape index (κ2) is 10.3. The maximum Gasteiger partial charge on any atom is 0.357 e. The van der Waals surface area contributed by atoms with Crippen LogP contribution in [0.4, 0.5) is 15.2 Å². The summed E-state index contributed by atoms with van der Waals surface area (Å²) in [5.74, 6) is -2.11. The van der Waals surface area contributed by atoms with E-state index in [1.807, 2.05) is 0 Å². The van der Waals surface area contributed by atoms with Crippen LogP contribution in [0, 0.1) is 5.82 Å². The third-order valence-corrected chi connectivity index (χ3v) is 4.61. The molecule has 0 fully saturated rings. The zero-order valence-corrected chi connectivity index (χ0v) is 17.2. The molecule has 160 valence electrons. The van der Waals surface area contributed by atoms with E-state index in [1.165, 1.54) is 35.7 Å². The smallest absolute Gasteiger partial charge is 0.357 e. The van der Waals surface area contributed by atoms with Gasteiger partial charge in [0.1, 0.15) is 11.6 Å². The highest BCUT2D eigenvalue weighted by atomic mass is 32.1. The molecule has 3 rings (SSSR count). The Morgan fingerprint density at radius 1 is 1.06 bits per heavy atom. The number of halogens is 1. The maximum atomic E-state index is 13.6. The minimum Gasteiger partial charge on any atom is -0.483 e. The van der Waals surface area contributed by atoms with Gasteiger partial charge in [-0.2, -0.15) is 0 Å². The third-order valence-electron chi connectivity index (χ3n) is 3.85. The Bertz CT molecular complexity index is 1100. The molecule has 0 spiro atoms. The van der Waals surface area contributed by atoms with Crippen LogP contribution in [0.3, 0.4) is 0 Å². The number of hydrogen-bond acceptors (Lipinski definition) is 7. The molecule has 3 aromatic rings. The molecule has 8 nitrogen and oxygen atoms in total. The molecule has 0 unspecified atom stereocenters. The van der Waals surface area contributed by atoms with Crippen molar-refractivity contribution in [1.82, 2.24) is 4.98 Å². The van der Waals surface area contributed by atoms with Gasteiger partial charge in [0.15, 0.2) is 17.4 Å². The van der Waals surface area contributed by atoms with Crippen molar-refractivity contribution >= 4 is 39.9 Å². The molecule has 0 bridgehead atoms. The van der Waals surface area contributed by atoms with Crippen LogP contribution in [-0.4, -0.2) is 36.0 Å². The summed E-state index contributed by atoms with van der Waals surface area (Å²) in [6.45, 7) is 1.47. The number of carbonyl (C=O) groups excluding carboxylic acids is 3. The van der Waals surface area contributed by atoms with E-state index >= 15 is 0 Å². The Kier molecular flexibility index (Phi) is 7.28. The van der Waals surface area contributed by atoms with E-state index in [1.54, 1.807) is 25.1 Å². The fraction of sp³-hybridized carbons (Fsp3) is 0.143. The first-order valence-corrected chi connectivity index (χ1v) is 10.1. The second-order valence-corrected chi connectivity index (χ2v) is 6.88. The molecule has 0 saturated heterocycles. The quantitative estimate of drug-likeness (QED) is 0.514. The summed E-state index contributed by atoms with van der Waals surface area (Å²) >= 11 is 1.07. The lowest BCUT2D eigenvalue weighted by Gasteiger charge is -2.11. The van der Waals surface area contributed by atoms with Gasteiger partial charge in [-0.25, -0.2) is 14.2 Å². The van der Waals surface area contributed by atoms with E-state index in [4.69, 9.17) is 9.47 Å². The van der Waals surface area contributed by atoms with E-state index in [0.29, 0.717) is 0 Å². The lowest BCUT2D eigenvalue weighted by Crippen LogP contribution is -2.22. The highest BCUT2D eigenvalue weighted by Gasteiger charge is 2.17. The zero-order chi connectivity index (χ0) is 22.2. The number of hydrogen-bond donors (Lipinski definition) is 2. The standard InChI is InChI=1S/C21H18FN3O5S/c1-2-29-20(28)16-12-31-21(24-16)25-19(27)13-7-3-6-10-17(13)30-11-18(26)23-15-9-5-4-8-14(15)22/h3-10,12H,2,11H2,1H3,(H,23,26)(H,24,25,27). The van der Waals surface area contributed by atoms with Gasteiger partial charge < -0.3 is 14.8 Å². The predicted octanol–water partition coefficient (Wildman–Crippen LogP) is 3.73. The topological polar surface area (TPSA) is 107 Å². The summed E-state index contributed by atoms with van der Waals surface area (Å²) in [5, 5.41) is 6.67. The highest BCUT2D eigenvalue weighted by Crippen LogP contribution is 2.22. The zero-order valence-electron chi connectivity index (χ0n) is 16.4. The molecule has 0 aliphatic rings. The van der Waals surface area contributed by atoms with Gasteiger partial charge in [0.05, 0.1) is 17.9 Å². The monoisotopic (exact) mass is 443 g/mol. The molecule has 2 aromatic carbocycles. The lowest BCUT2D eigenvalue weighted by molar-refractivity contribution is -0.118. The number of rotatable bonds is 8. The molecular formula is C21H18FN3O5S. The molecule has 31 heavy (non-hydrogen) atoms. The minimum atomic E-state index is -0.584. The number of ether oxygens (including phenoxy) is 2. The summed E-state index contributed by atoms with van der Waals surface area (Å²) in [5.41, 5.74) is 0.286. The molecule has 0 saturated carbocycles. The van der Waals surface area contributed by atoms with Gasteiger partial charge in [-0.15, -0.1) is 11.3 Å². The van der Waals surface area contributed by atoms with Gasteiger partial charge >= 0.3 is 5.97 Å². The first-order valence-electron chi connectivity index (χ1n) is 9.18. The van der Waals surface area contributed by atoms with Crippen LogP contribution in [0.1, 0.15) is 27.8 Å². The number of aromatic nitrogens is 1. The summed E-state index contributed by atoms with van der Waals surface area (Å²) in [6.07, 6.45) is 0. The third kappa shape index (κ3) is 5.86. The van der Waals surface area contributed by atoms with Crippen molar-refractivity contribution in [2.75, 3.05) is 23.8 Å². The molecular weight excluding hydrogens is 425 g/mol. The summed E-state index contributed by atoms with van der Waals surface area (Å²) < 4.78 is 24.0. The molecule has 10 heteroatoms. The normalized spacial score (nSPS) is 10.3. The maximum absolute atomic E-state index is 13.6. The lowest BCUT2D eigenvalue weighted by atomic mass is 10.2. The van der Waals surface area contributed by atoms with Crippen molar-refractivity contribution in [1.29, 1.82) is 0 Å². The van der Waals surface area contributed by atoms with Crippen molar-refractivity contribution < 1.29 is 28.2 Å². The van der Waals surface area contributed by atoms with Crippen LogP contribution in [0.25, 0.3) is 0 Å². The summed E-state index contributed by atoms with van der Waals surface area (Å²) in [4.78, 5) is 40.4. The molecule has 0 aliphatic carbocycles. The van der Waals surface area contributed by atoms with E-state index < -0.39 is 30.2 Å². The van der Waals surface area contributed by atoms with Crippen molar-refractivity contribution in [3.63, 3.8) is 0 Å². The highest BCUT2D eigenvalue weighted by molar-refractivity contribution is 7.14. The van der Waals surface area contributed by atoms with Crippen LogP contribution in [0.15, 0.2) is 53.9 Å². The van der Waals surface area contributed by atoms with Crippen LogP contribution >= 0.6 is 11.3 Å². The SMILES string of the molecule is CCOC(=O)c1csc(NC(=O)c2ccccc2OCC(=O)Nc2ccccc2F)n1. The van der Waals surface area contributed by atoms with Crippen molar-refractivity contribution in [2.24, 2.45) is 0 Å². The Balaban J connectivity index is 1.63. The van der Waals surface area contributed by atoms with E-state index in [0.717, 1.165) is 11.3 Å². The van der Waals surface area contributed by atoms with Gasteiger partial charge in [0.25, 0.3) is 11.8 Å². The largest absolute Gasteiger partial charge is 0.483 e. The Hall–Kier alpha value is -3.79. The van der Waals surface area contributed by atoms with Crippen molar-refractivity contribution in [3.8, 4) is 5.75 Å². The predicted molar refractivity (Wildman–Crippen MR) is 113 cm³/mol. The number of para-hydroxylation sites is 2. The number of carbonyl (C=O) groups is 3. The fourth-order valence-electron chi connectivity index (χ4n) is 2.47. The molecule has 2 amide bonds. The number of esters is 1. The molecule has 2 N–H and O–H groups in total. The van der Waals surface area contributed by atoms with Crippen LogP contribution < -0.4 is 15.4 Å².